The van der Waals surface area contributed by atoms with Gasteiger partial charge in [-0.05, 0) is 89.1 Å². The van der Waals surface area contributed by atoms with Crippen molar-refractivity contribution in [3.63, 3.8) is 0 Å². The molecule has 2 aliphatic carbocycles. The van der Waals surface area contributed by atoms with Gasteiger partial charge in [0, 0.05) is 41.6 Å². The van der Waals surface area contributed by atoms with E-state index in [1.54, 1.807) is 11.3 Å². The number of likely N-dealkylation sites (tertiary alicyclic amines) is 1. The number of aromatic nitrogens is 2. The quantitative estimate of drug-likeness (QED) is 0.143. The molecule has 1 saturated heterocycles. The van der Waals surface area contributed by atoms with Crippen LogP contribution in [0.5, 0.6) is 0 Å². The molecule has 4 heterocycles. The van der Waals surface area contributed by atoms with Crippen LogP contribution in [0.2, 0.25) is 0 Å². The molecule has 4 aromatic rings. The first kappa shape index (κ1) is 36.0. The molecule has 280 valence electrons. The van der Waals surface area contributed by atoms with E-state index in [4.69, 9.17) is 14.7 Å². The number of hydrogen-bond acceptors (Lipinski definition) is 7. The Morgan fingerprint density at radius 2 is 1.69 bits per heavy atom. The van der Waals surface area contributed by atoms with Gasteiger partial charge in [0.2, 0.25) is 11.8 Å². The Labute approximate surface area is 320 Å². The predicted molar refractivity (Wildman–Crippen MR) is 211 cm³/mol. The molecule has 8 rings (SSSR count). The monoisotopic (exact) mass is 744 g/mol. The minimum absolute atomic E-state index is 0.0230. The van der Waals surface area contributed by atoms with E-state index in [1.165, 1.54) is 35.3 Å². The van der Waals surface area contributed by atoms with Gasteiger partial charge in [-0.3, -0.25) is 14.6 Å². The maximum atomic E-state index is 13.5. The number of methoxy groups -OCH3 is 1. The van der Waals surface area contributed by atoms with Crippen LogP contribution >= 0.6 is 11.3 Å². The fraction of sp³-hybridized carbons (Fsp3) is 0.419. The number of imidazole rings is 1. The molecule has 3 fully saturated rings. The fourth-order valence-electron chi connectivity index (χ4n) is 9.25. The third kappa shape index (κ3) is 7.13. The summed E-state index contributed by atoms with van der Waals surface area (Å²) >= 11 is 1.68. The van der Waals surface area contributed by atoms with Crippen molar-refractivity contribution in [2.24, 2.45) is 34.6 Å². The van der Waals surface area contributed by atoms with Crippen LogP contribution in [-0.2, 0) is 20.9 Å². The van der Waals surface area contributed by atoms with E-state index in [2.05, 4.69) is 75.6 Å². The maximum absolute atomic E-state index is 13.5. The molecule has 2 aromatic heterocycles. The van der Waals surface area contributed by atoms with Crippen LogP contribution < -0.4 is 10.6 Å². The van der Waals surface area contributed by atoms with Gasteiger partial charge in [-0.1, -0.05) is 68.4 Å². The van der Waals surface area contributed by atoms with Crippen molar-refractivity contribution >= 4 is 40.5 Å². The normalized spacial score (nSPS) is 23.7. The third-order valence-corrected chi connectivity index (χ3v) is 12.9. The van der Waals surface area contributed by atoms with Crippen molar-refractivity contribution < 1.29 is 19.1 Å². The number of alkyl carbamates (subject to hydrolysis) is 1. The number of carbonyl (C=O) groups is 3. The summed E-state index contributed by atoms with van der Waals surface area (Å²) in [6.07, 6.45) is 9.20. The molecule has 0 radical (unpaired) electrons. The zero-order valence-corrected chi connectivity index (χ0v) is 31.9. The molecular weight excluding hydrogens is 697 g/mol. The number of rotatable bonds is 11. The van der Waals surface area contributed by atoms with E-state index in [1.807, 2.05) is 37.2 Å². The summed E-state index contributed by atoms with van der Waals surface area (Å²) in [6, 6.07) is 20.4. The Balaban J connectivity index is 0.891. The van der Waals surface area contributed by atoms with Crippen LogP contribution in [0.3, 0.4) is 0 Å². The second kappa shape index (κ2) is 15.4. The Kier molecular flexibility index (Phi) is 10.2. The van der Waals surface area contributed by atoms with Crippen LogP contribution in [0.4, 0.5) is 4.79 Å². The molecule has 10 nitrogen and oxygen atoms in total. The zero-order valence-electron chi connectivity index (χ0n) is 31.1. The molecule has 2 unspecified atom stereocenters. The van der Waals surface area contributed by atoms with E-state index < -0.39 is 12.1 Å². The summed E-state index contributed by atoms with van der Waals surface area (Å²) in [5.74, 6) is 2.00. The lowest BCUT2D eigenvalue weighted by molar-refractivity contribution is -0.135. The number of benzene rings is 2. The number of aliphatic imine (C=N–C) groups is 1. The van der Waals surface area contributed by atoms with Gasteiger partial charge in [-0.25, -0.2) is 9.78 Å². The third-order valence-electron chi connectivity index (χ3n) is 12.0. The Morgan fingerprint density at radius 1 is 0.963 bits per heavy atom. The molecule has 2 bridgehead atoms. The highest BCUT2D eigenvalue weighted by molar-refractivity contribution is 7.09. The average Bonchev–Trinajstić information content (AvgIpc) is 4.05. The molecule has 6 atom stereocenters. The smallest absolute Gasteiger partial charge is 0.407 e. The van der Waals surface area contributed by atoms with E-state index >= 15 is 0 Å². The Morgan fingerprint density at radius 3 is 2.39 bits per heavy atom. The number of nitrogens with one attached hydrogen (secondary N) is 3. The number of amides is 3. The minimum Gasteiger partial charge on any atom is -0.453 e. The number of H-pyrrole nitrogens is 1. The van der Waals surface area contributed by atoms with E-state index in [0.29, 0.717) is 24.9 Å². The van der Waals surface area contributed by atoms with Gasteiger partial charge in [-0.2, -0.15) is 0 Å². The summed E-state index contributed by atoms with van der Waals surface area (Å²) in [5, 5.41) is 8.00. The number of hydrogen-bond donors (Lipinski definition) is 3. The van der Waals surface area contributed by atoms with Crippen molar-refractivity contribution in [3.8, 4) is 22.4 Å². The van der Waals surface area contributed by atoms with Gasteiger partial charge in [0.25, 0.3) is 0 Å². The summed E-state index contributed by atoms with van der Waals surface area (Å²) < 4.78 is 4.76. The lowest BCUT2D eigenvalue weighted by atomic mass is 9.75. The zero-order chi connectivity index (χ0) is 37.3. The fourth-order valence-corrected chi connectivity index (χ4v) is 9.89. The van der Waals surface area contributed by atoms with Crippen molar-refractivity contribution in [2.75, 3.05) is 13.7 Å². The number of allylic oxidation sites excluding steroid dienone is 1. The number of aromatic amines is 1. The molecular formula is C43H48N6O4S. The molecule has 2 aliphatic heterocycles. The second-order valence-electron chi connectivity index (χ2n) is 15.5. The van der Waals surface area contributed by atoms with Crippen LogP contribution in [0.25, 0.3) is 28.0 Å². The van der Waals surface area contributed by atoms with Crippen molar-refractivity contribution in [3.05, 3.63) is 94.7 Å². The Hall–Kier alpha value is -5.03. The number of carbonyl (C=O) groups excluding carboxylic acids is 3. The number of fused-ring (bicyclic) bond motifs is 2. The number of ether oxygens (including phenoxy) is 1. The van der Waals surface area contributed by atoms with Gasteiger partial charge < -0.3 is 25.3 Å². The van der Waals surface area contributed by atoms with Crippen LogP contribution in [0.15, 0.2) is 83.4 Å². The number of nitrogens with zero attached hydrogens (tertiary/aromatic N) is 3. The molecule has 2 saturated carbocycles. The summed E-state index contributed by atoms with van der Waals surface area (Å²) in [6.45, 7) is 5.04. The van der Waals surface area contributed by atoms with E-state index in [0.717, 1.165) is 60.3 Å². The molecule has 3 N–H and O–H groups in total. The summed E-state index contributed by atoms with van der Waals surface area (Å²) in [7, 11) is 1.30. The van der Waals surface area contributed by atoms with Crippen molar-refractivity contribution in [1.29, 1.82) is 0 Å². The molecule has 0 spiro atoms. The Bertz CT molecular complexity index is 2050. The minimum atomic E-state index is -0.670. The van der Waals surface area contributed by atoms with Gasteiger partial charge in [0.1, 0.15) is 11.9 Å². The van der Waals surface area contributed by atoms with E-state index in [-0.39, 0.29) is 35.6 Å². The van der Waals surface area contributed by atoms with Crippen LogP contribution in [0, 0.1) is 29.6 Å². The lowest BCUT2D eigenvalue weighted by Crippen LogP contribution is -2.51. The first-order valence-corrected chi connectivity index (χ1v) is 20.1. The van der Waals surface area contributed by atoms with Gasteiger partial charge >= 0.3 is 6.09 Å². The average molecular weight is 745 g/mol. The highest BCUT2D eigenvalue weighted by atomic mass is 32.1. The first-order valence-electron chi connectivity index (χ1n) is 19.2. The van der Waals surface area contributed by atoms with E-state index in [9.17, 15) is 14.4 Å². The highest BCUT2D eigenvalue weighted by Crippen LogP contribution is 2.54. The standard InChI is InChI=1S/C43H48N6O4S/c1-25(2)39(48-43(52)53-3)42(51)49-18-4-7-36(49)40-45-24-35(47-40)29-14-12-27(13-15-29)26-8-10-28(11-9-26)32-21-34(44-22-32)37-30-16-17-31(20-30)38(37)41(50)46-23-33-6-5-19-54-33/h5-6,8-15,19,22,24-25,30-31,36-39H,4,7,16-18,20-21,23H2,1-3H3,(H,45,47)(H,46,50)(H,48,52)/t30?,31?,36-,37+,38-,39-/m0/s1. The number of thiophene rings is 1. The first-order chi connectivity index (χ1) is 26.3. The van der Waals surface area contributed by atoms with Crippen LogP contribution in [0.1, 0.15) is 74.7 Å². The SMILES string of the molecule is COC(=O)N[C@H](C(=O)N1CCC[C@H]1c1ncc(-c2ccc(-c3ccc(C4=CN=C([C@H]5C6CCC(C6)[C@@H]5C(=O)NCc5cccs5)C4)cc3)cc2)[nH]1)C(C)C. The summed E-state index contributed by atoms with van der Waals surface area (Å²) in [4.78, 5) is 55.1. The molecule has 2 aromatic carbocycles. The van der Waals surface area contributed by atoms with Gasteiger partial charge in [0.15, 0.2) is 0 Å². The molecule has 3 amide bonds. The largest absolute Gasteiger partial charge is 0.453 e. The molecule has 11 heteroatoms. The van der Waals surface area contributed by atoms with Crippen LogP contribution in [-0.4, -0.2) is 58.2 Å². The second-order valence-corrected chi connectivity index (χ2v) is 16.5. The van der Waals surface area contributed by atoms with Gasteiger partial charge in [-0.15, -0.1) is 11.3 Å². The lowest BCUT2D eigenvalue weighted by Gasteiger charge is -2.30. The van der Waals surface area contributed by atoms with Crippen molar-refractivity contribution in [1.82, 2.24) is 25.5 Å². The highest BCUT2D eigenvalue weighted by Gasteiger charge is 2.52. The molecule has 4 aliphatic rings. The maximum Gasteiger partial charge on any atom is 0.407 e. The molecule has 54 heavy (non-hydrogen) atoms. The predicted octanol–water partition coefficient (Wildman–Crippen LogP) is 8.01. The van der Waals surface area contributed by atoms with Crippen molar-refractivity contribution in [2.45, 2.75) is 71.0 Å². The summed E-state index contributed by atoms with van der Waals surface area (Å²) in [5.41, 5.74) is 7.71. The van der Waals surface area contributed by atoms with Gasteiger partial charge in [0.05, 0.1) is 31.6 Å². The topological polar surface area (TPSA) is 129 Å².